The molecule has 5 N–H and O–H groups in total. The average molecular weight is 249 g/mol. The van der Waals surface area contributed by atoms with E-state index in [0.29, 0.717) is 5.69 Å². The first-order chi connectivity index (χ1) is 8.69. The molecule has 1 aliphatic rings. The Morgan fingerprint density at radius 2 is 2.39 bits per heavy atom. The zero-order valence-electron chi connectivity index (χ0n) is 10.3. The Morgan fingerprint density at radius 1 is 1.56 bits per heavy atom. The van der Waals surface area contributed by atoms with E-state index in [2.05, 4.69) is 15.3 Å². The largest absolute Gasteiger partial charge is 0.327 e. The Morgan fingerprint density at radius 3 is 3.11 bits per heavy atom. The van der Waals surface area contributed by atoms with Gasteiger partial charge in [0.05, 0.1) is 5.69 Å². The van der Waals surface area contributed by atoms with Gasteiger partial charge in [-0.3, -0.25) is 15.1 Å². The number of hydrazine groups is 1. The van der Waals surface area contributed by atoms with Crippen LogP contribution in [0, 0.1) is 0 Å². The zero-order chi connectivity index (χ0) is 13.0. The second-order valence-electron chi connectivity index (χ2n) is 4.63. The number of carbonyl (C=O) groups excluding carboxylic acids is 1. The summed E-state index contributed by atoms with van der Waals surface area (Å²) in [6, 6.07) is 5.62. The molecular formula is C12H19N5O. The number of nitrogen functional groups attached to an aromatic ring is 1. The molecule has 1 aromatic rings. The molecule has 98 valence electrons. The van der Waals surface area contributed by atoms with Crippen LogP contribution in [0.5, 0.6) is 0 Å². The molecule has 1 atom stereocenters. The number of nitrogens with one attached hydrogen (secondary N) is 1. The molecular weight excluding hydrogens is 230 g/mol. The summed E-state index contributed by atoms with van der Waals surface area (Å²) in [6.45, 7) is 2.64. The Kier molecular flexibility index (Phi) is 4.24. The van der Waals surface area contributed by atoms with Gasteiger partial charge in [-0.1, -0.05) is 6.07 Å². The number of likely N-dealkylation sites (tertiary alicyclic amines) is 1. The molecule has 1 saturated heterocycles. The topological polar surface area (TPSA) is 97.3 Å². The van der Waals surface area contributed by atoms with Crippen molar-refractivity contribution < 1.29 is 4.79 Å². The SMILES string of the molecule is NNC(=O)c1cccc(CN2CCCC(N)C2)n1. The van der Waals surface area contributed by atoms with Crippen LogP contribution in [-0.2, 0) is 6.54 Å². The molecule has 2 rings (SSSR count). The van der Waals surface area contributed by atoms with Crippen molar-refractivity contribution in [2.24, 2.45) is 11.6 Å². The molecule has 6 heteroatoms. The van der Waals surface area contributed by atoms with Gasteiger partial charge in [0.2, 0.25) is 0 Å². The first-order valence-corrected chi connectivity index (χ1v) is 6.14. The predicted octanol–water partition coefficient (Wildman–Crippen LogP) is -0.392. The molecule has 1 unspecified atom stereocenters. The van der Waals surface area contributed by atoms with Crippen molar-refractivity contribution in [2.75, 3.05) is 13.1 Å². The lowest BCUT2D eigenvalue weighted by Gasteiger charge is -2.30. The van der Waals surface area contributed by atoms with E-state index >= 15 is 0 Å². The quantitative estimate of drug-likeness (QED) is 0.385. The van der Waals surface area contributed by atoms with Crippen LogP contribution in [0.3, 0.4) is 0 Å². The van der Waals surface area contributed by atoms with Gasteiger partial charge < -0.3 is 5.73 Å². The monoisotopic (exact) mass is 249 g/mol. The van der Waals surface area contributed by atoms with E-state index in [0.717, 1.165) is 38.2 Å². The van der Waals surface area contributed by atoms with Gasteiger partial charge in [0.25, 0.3) is 5.91 Å². The molecule has 0 aliphatic carbocycles. The summed E-state index contributed by atoms with van der Waals surface area (Å²) in [5, 5.41) is 0. The van der Waals surface area contributed by atoms with E-state index in [9.17, 15) is 4.79 Å². The molecule has 1 aliphatic heterocycles. The number of hydrogen-bond donors (Lipinski definition) is 3. The number of nitrogens with zero attached hydrogens (tertiary/aromatic N) is 2. The summed E-state index contributed by atoms with van der Waals surface area (Å²) >= 11 is 0. The fourth-order valence-corrected chi connectivity index (χ4v) is 2.23. The number of pyridine rings is 1. The highest BCUT2D eigenvalue weighted by atomic mass is 16.2. The molecule has 1 fully saturated rings. The van der Waals surface area contributed by atoms with Gasteiger partial charge in [-0.25, -0.2) is 10.8 Å². The molecule has 2 heterocycles. The third-order valence-electron chi connectivity index (χ3n) is 3.10. The second kappa shape index (κ2) is 5.90. The maximum Gasteiger partial charge on any atom is 0.283 e. The molecule has 0 saturated carbocycles. The van der Waals surface area contributed by atoms with Gasteiger partial charge in [-0.15, -0.1) is 0 Å². The molecule has 0 aromatic carbocycles. The van der Waals surface area contributed by atoms with Crippen molar-refractivity contribution in [1.82, 2.24) is 15.3 Å². The van der Waals surface area contributed by atoms with Gasteiger partial charge in [0, 0.05) is 19.1 Å². The zero-order valence-corrected chi connectivity index (χ0v) is 10.3. The van der Waals surface area contributed by atoms with Crippen molar-refractivity contribution in [3.05, 3.63) is 29.6 Å². The smallest absolute Gasteiger partial charge is 0.283 e. The van der Waals surface area contributed by atoms with Crippen molar-refractivity contribution in [2.45, 2.75) is 25.4 Å². The van der Waals surface area contributed by atoms with Crippen LogP contribution in [0.25, 0.3) is 0 Å². The van der Waals surface area contributed by atoms with Crippen molar-refractivity contribution in [3.63, 3.8) is 0 Å². The lowest BCUT2D eigenvalue weighted by molar-refractivity contribution is 0.0948. The van der Waals surface area contributed by atoms with Gasteiger partial charge in [0.1, 0.15) is 5.69 Å². The number of aromatic nitrogens is 1. The van der Waals surface area contributed by atoms with Crippen molar-refractivity contribution in [3.8, 4) is 0 Å². The number of hydrogen-bond acceptors (Lipinski definition) is 5. The van der Waals surface area contributed by atoms with Gasteiger partial charge in [-0.2, -0.15) is 0 Å². The summed E-state index contributed by atoms with van der Waals surface area (Å²) in [6.07, 6.45) is 2.20. The van der Waals surface area contributed by atoms with E-state index in [4.69, 9.17) is 11.6 Å². The van der Waals surface area contributed by atoms with Gasteiger partial charge >= 0.3 is 0 Å². The molecule has 0 spiro atoms. The van der Waals surface area contributed by atoms with Crippen LogP contribution >= 0.6 is 0 Å². The maximum absolute atomic E-state index is 11.4. The number of carbonyl (C=O) groups is 1. The number of piperidine rings is 1. The van der Waals surface area contributed by atoms with Crippen LogP contribution in [0.4, 0.5) is 0 Å². The summed E-state index contributed by atoms with van der Waals surface area (Å²) in [7, 11) is 0. The van der Waals surface area contributed by atoms with Crippen molar-refractivity contribution in [1.29, 1.82) is 0 Å². The molecule has 0 bridgehead atoms. The minimum absolute atomic E-state index is 0.245. The maximum atomic E-state index is 11.4. The standard InChI is InChI=1S/C12H19N5O/c13-9-3-2-6-17(7-9)8-10-4-1-5-11(15-10)12(18)16-14/h1,4-5,9H,2-3,6-8,13-14H2,(H,16,18). The summed E-state index contributed by atoms with van der Waals surface area (Å²) in [5.74, 6) is 4.72. The third kappa shape index (κ3) is 3.25. The van der Waals surface area contributed by atoms with Crippen LogP contribution < -0.4 is 17.0 Å². The lowest BCUT2D eigenvalue weighted by atomic mass is 10.1. The fourth-order valence-electron chi connectivity index (χ4n) is 2.23. The molecule has 1 amide bonds. The predicted molar refractivity (Wildman–Crippen MR) is 68.4 cm³/mol. The molecule has 6 nitrogen and oxygen atoms in total. The molecule has 0 radical (unpaired) electrons. The van der Waals surface area contributed by atoms with Crippen LogP contribution in [0.15, 0.2) is 18.2 Å². The number of nitrogens with two attached hydrogens (primary N) is 2. The Labute approximate surface area is 106 Å². The van der Waals surface area contributed by atoms with E-state index < -0.39 is 0 Å². The molecule has 18 heavy (non-hydrogen) atoms. The van der Waals surface area contributed by atoms with E-state index in [-0.39, 0.29) is 11.9 Å². The fraction of sp³-hybridized carbons (Fsp3) is 0.500. The summed E-state index contributed by atoms with van der Waals surface area (Å²) in [4.78, 5) is 17.9. The Balaban J connectivity index is 2.02. The summed E-state index contributed by atoms with van der Waals surface area (Å²) in [5.41, 5.74) is 9.23. The van der Waals surface area contributed by atoms with Crippen LogP contribution in [0.1, 0.15) is 29.0 Å². The van der Waals surface area contributed by atoms with Crippen LogP contribution in [0.2, 0.25) is 0 Å². The second-order valence-corrected chi connectivity index (χ2v) is 4.63. The summed E-state index contributed by atoms with van der Waals surface area (Å²) < 4.78 is 0. The minimum Gasteiger partial charge on any atom is -0.327 e. The van der Waals surface area contributed by atoms with E-state index in [1.54, 1.807) is 6.07 Å². The highest BCUT2D eigenvalue weighted by Gasteiger charge is 2.17. The number of rotatable bonds is 3. The van der Waals surface area contributed by atoms with Gasteiger partial charge in [0.15, 0.2) is 0 Å². The normalized spacial score (nSPS) is 20.7. The first kappa shape index (κ1) is 12.9. The number of amides is 1. The average Bonchev–Trinajstić information content (AvgIpc) is 2.38. The highest BCUT2D eigenvalue weighted by Crippen LogP contribution is 2.11. The van der Waals surface area contributed by atoms with Gasteiger partial charge in [-0.05, 0) is 31.5 Å². The highest BCUT2D eigenvalue weighted by molar-refractivity contribution is 5.91. The van der Waals surface area contributed by atoms with E-state index in [1.807, 2.05) is 12.1 Å². The Bertz CT molecular complexity index is 423. The molecule has 1 aromatic heterocycles. The van der Waals surface area contributed by atoms with Crippen molar-refractivity contribution >= 4 is 5.91 Å². The lowest BCUT2D eigenvalue weighted by Crippen LogP contribution is -2.42. The van der Waals surface area contributed by atoms with Crippen LogP contribution in [-0.4, -0.2) is 34.9 Å². The third-order valence-corrected chi connectivity index (χ3v) is 3.10. The minimum atomic E-state index is -0.368. The van der Waals surface area contributed by atoms with E-state index in [1.165, 1.54) is 0 Å². The first-order valence-electron chi connectivity index (χ1n) is 6.14. The Hall–Kier alpha value is -1.50.